The highest BCUT2D eigenvalue weighted by atomic mass is 32.2. The number of hydrogen-bond acceptors (Lipinski definition) is 7. The first-order valence-corrected chi connectivity index (χ1v) is 11.1. The van der Waals surface area contributed by atoms with Gasteiger partial charge in [-0.25, -0.2) is 13.1 Å². The smallest absolute Gasteiger partial charge is 0.300 e. The van der Waals surface area contributed by atoms with Crippen molar-refractivity contribution in [3.8, 4) is 5.75 Å². The fraction of sp³-hybridized carbons (Fsp3) is 0.273. The lowest BCUT2D eigenvalue weighted by Crippen LogP contribution is -2.30. The molecule has 0 saturated carbocycles. The summed E-state index contributed by atoms with van der Waals surface area (Å²) in [5, 5.41) is 0.673. The van der Waals surface area contributed by atoms with Crippen LogP contribution in [0.1, 0.15) is 30.0 Å². The molecule has 0 aliphatic heterocycles. The number of fused-ring (bicyclic) bond motifs is 1. The number of carbonyl (C=O) groups excluding carboxylic acids is 2. The van der Waals surface area contributed by atoms with Crippen LogP contribution >= 0.6 is 0 Å². The molecule has 0 atom stereocenters. The molecule has 2 aromatic carbocycles. The zero-order valence-electron chi connectivity index (χ0n) is 17.8. The zero-order valence-corrected chi connectivity index (χ0v) is 18.6. The van der Waals surface area contributed by atoms with Crippen molar-refractivity contribution in [1.82, 2.24) is 4.72 Å². The van der Waals surface area contributed by atoms with Gasteiger partial charge in [-0.1, -0.05) is 6.07 Å². The Bertz CT molecular complexity index is 1240. The van der Waals surface area contributed by atoms with Crippen LogP contribution in [-0.2, 0) is 21.2 Å². The van der Waals surface area contributed by atoms with Gasteiger partial charge in [-0.3, -0.25) is 9.59 Å². The van der Waals surface area contributed by atoms with Crippen molar-refractivity contribution in [2.24, 2.45) is 0 Å². The van der Waals surface area contributed by atoms with E-state index in [4.69, 9.17) is 9.15 Å². The first kappa shape index (κ1) is 22.4. The van der Waals surface area contributed by atoms with Crippen molar-refractivity contribution < 1.29 is 27.2 Å². The van der Waals surface area contributed by atoms with E-state index in [1.807, 2.05) is 29.8 Å². The lowest BCUT2D eigenvalue weighted by molar-refractivity contribution is -0.116. The first-order chi connectivity index (χ1) is 14.6. The van der Waals surface area contributed by atoms with Crippen molar-refractivity contribution >= 4 is 38.4 Å². The molecule has 0 unspecified atom stereocenters. The van der Waals surface area contributed by atoms with Gasteiger partial charge < -0.3 is 14.1 Å². The fourth-order valence-electron chi connectivity index (χ4n) is 3.07. The number of rotatable bonds is 8. The number of nitrogens with zero attached hydrogens (tertiary/aromatic N) is 1. The van der Waals surface area contributed by atoms with Gasteiger partial charge in [0.1, 0.15) is 22.0 Å². The Morgan fingerprint density at radius 2 is 1.84 bits per heavy atom. The van der Waals surface area contributed by atoms with Gasteiger partial charge >= 0.3 is 5.91 Å². The summed E-state index contributed by atoms with van der Waals surface area (Å²) in [5.41, 5.74) is 1.85. The molecular weight excluding hydrogens is 420 g/mol. The Morgan fingerprint density at radius 3 is 2.48 bits per heavy atom. The number of nitrogens with one attached hydrogen (secondary N) is 1. The number of Topliss-reactive ketones (excluding diaryl/α,β-unsaturated/α-hetero) is 1. The second-order valence-corrected chi connectivity index (χ2v) is 8.91. The highest BCUT2D eigenvalue weighted by Gasteiger charge is 2.25. The largest absolute Gasteiger partial charge is 0.492 e. The van der Waals surface area contributed by atoms with E-state index in [2.05, 4.69) is 0 Å². The quantitative estimate of drug-likeness (QED) is 0.569. The molecule has 0 fully saturated rings. The third kappa shape index (κ3) is 5.05. The van der Waals surface area contributed by atoms with Gasteiger partial charge in [0.05, 0.1) is 6.61 Å². The van der Waals surface area contributed by atoms with Crippen LogP contribution < -0.4 is 14.4 Å². The summed E-state index contributed by atoms with van der Waals surface area (Å²) in [7, 11) is -0.531. The van der Waals surface area contributed by atoms with Gasteiger partial charge in [-0.05, 0) is 49.7 Å². The molecule has 0 radical (unpaired) electrons. The molecule has 0 aliphatic rings. The first-order valence-electron chi connectivity index (χ1n) is 9.64. The van der Waals surface area contributed by atoms with E-state index in [0.29, 0.717) is 16.5 Å². The van der Waals surface area contributed by atoms with E-state index >= 15 is 0 Å². The number of ether oxygens (including phenoxy) is 1. The molecule has 1 heterocycles. The second kappa shape index (κ2) is 8.81. The minimum atomic E-state index is -4.28. The Labute approximate surface area is 180 Å². The van der Waals surface area contributed by atoms with Gasteiger partial charge in [0.15, 0.2) is 5.76 Å². The summed E-state index contributed by atoms with van der Waals surface area (Å²) in [6, 6.07) is 11.3. The molecule has 1 N–H and O–H groups in total. The molecule has 0 spiro atoms. The molecule has 0 saturated heterocycles. The predicted octanol–water partition coefficient (Wildman–Crippen LogP) is 3.15. The highest BCUT2D eigenvalue weighted by Crippen LogP contribution is 2.27. The van der Waals surface area contributed by atoms with Crippen molar-refractivity contribution in [3.63, 3.8) is 0 Å². The van der Waals surface area contributed by atoms with E-state index < -0.39 is 15.9 Å². The Kier molecular flexibility index (Phi) is 6.35. The highest BCUT2D eigenvalue weighted by molar-refractivity contribution is 7.90. The van der Waals surface area contributed by atoms with Crippen LogP contribution in [0.3, 0.4) is 0 Å². The van der Waals surface area contributed by atoms with E-state index in [0.717, 1.165) is 5.69 Å². The SMILES string of the molecule is CCOc1ccc(CC(C)=O)cc1S(=O)(=O)NC(=O)c1cc2ccc(N(C)C)cc2o1. The fourth-order valence-corrected chi connectivity index (χ4v) is 4.22. The Hall–Kier alpha value is -3.33. The second-order valence-electron chi connectivity index (χ2n) is 7.25. The lowest BCUT2D eigenvalue weighted by Gasteiger charge is -2.13. The van der Waals surface area contributed by atoms with E-state index in [9.17, 15) is 18.0 Å². The molecule has 31 heavy (non-hydrogen) atoms. The van der Waals surface area contributed by atoms with E-state index in [-0.39, 0.29) is 35.2 Å². The average Bonchev–Trinajstić information content (AvgIpc) is 3.12. The van der Waals surface area contributed by atoms with Crippen LogP contribution in [0.25, 0.3) is 11.0 Å². The summed E-state index contributed by atoms with van der Waals surface area (Å²) in [4.78, 5) is 25.8. The molecule has 1 amide bonds. The van der Waals surface area contributed by atoms with E-state index in [1.165, 1.54) is 25.1 Å². The van der Waals surface area contributed by atoms with Gasteiger partial charge in [0.25, 0.3) is 10.0 Å². The summed E-state index contributed by atoms with van der Waals surface area (Å²) < 4.78 is 38.9. The molecule has 3 rings (SSSR count). The van der Waals surface area contributed by atoms with Crippen LogP contribution in [0.2, 0.25) is 0 Å². The minimum Gasteiger partial charge on any atom is -0.492 e. The number of benzene rings is 2. The summed E-state index contributed by atoms with van der Waals surface area (Å²) in [6.45, 7) is 3.37. The van der Waals surface area contributed by atoms with Gasteiger partial charge in [0.2, 0.25) is 0 Å². The zero-order chi connectivity index (χ0) is 22.8. The van der Waals surface area contributed by atoms with Crippen molar-refractivity contribution in [1.29, 1.82) is 0 Å². The summed E-state index contributed by atoms with van der Waals surface area (Å²) in [5.74, 6) is -1.06. The third-order valence-electron chi connectivity index (χ3n) is 4.52. The van der Waals surface area contributed by atoms with Crippen LogP contribution in [0.4, 0.5) is 5.69 Å². The molecule has 164 valence electrons. The predicted molar refractivity (Wildman–Crippen MR) is 117 cm³/mol. The number of anilines is 1. The monoisotopic (exact) mass is 444 g/mol. The van der Waals surface area contributed by atoms with Gasteiger partial charge in [0, 0.05) is 37.7 Å². The van der Waals surface area contributed by atoms with Crippen LogP contribution in [0.15, 0.2) is 51.8 Å². The molecule has 9 heteroatoms. The lowest BCUT2D eigenvalue weighted by atomic mass is 10.1. The maximum absolute atomic E-state index is 13.0. The molecule has 3 aromatic rings. The molecule has 1 aromatic heterocycles. The standard InChI is InChI=1S/C22H24N2O6S/c1-5-29-18-9-6-15(10-14(2)25)11-21(18)31(27,28)23-22(26)20-12-16-7-8-17(24(3)4)13-19(16)30-20/h6-9,11-13H,5,10H2,1-4H3,(H,23,26). The maximum Gasteiger partial charge on any atom is 0.300 e. The summed E-state index contributed by atoms with van der Waals surface area (Å²) in [6.07, 6.45) is 0.0701. The number of sulfonamides is 1. The number of furan rings is 1. The molecule has 0 bridgehead atoms. The molecular formula is C22H24N2O6S. The number of carbonyl (C=O) groups is 2. The topological polar surface area (TPSA) is 106 Å². The van der Waals surface area contributed by atoms with Gasteiger partial charge in [-0.15, -0.1) is 0 Å². The van der Waals surface area contributed by atoms with Crippen LogP contribution in [0, 0.1) is 0 Å². The van der Waals surface area contributed by atoms with Crippen molar-refractivity contribution in [2.75, 3.05) is 25.6 Å². The molecule has 0 aliphatic carbocycles. The summed E-state index contributed by atoms with van der Waals surface area (Å²) >= 11 is 0. The van der Waals surface area contributed by atoms with Crippen molar-refractivity contribution in [2.45, 2.75) is 25.2 Å². The normalized spacial score (nSPS) is 11.4. The van der Waals surface area contributed by atoms with Crippen molar-refractivity contribution in [3.05, 3.63) is 53.8 Å². The number of amides is 1. The van der Waals surface area contributed by atoms with E-state index in [1.54, 1.807) is 25.1 Å². The van der Waals surface area contributed by atoms with Gasteiger partial charge in [-0.2, -0.15) is 0 Å². The number of ketones is 1. The maximum atomic E-state index is 13.0. The number of hydrogen-bond donors (Lipinski definition) is 1. The molecule has 8 nitrogen and oxygen atoms in total. The van der Waals surface area contributed by atoms with Crippen LogP contribution in [-0.4, -0.2) is 40.8 Å². The minimum absolute atomic E-state index is 0.0701. The average molecular weight is 445 g/mol. The Balaban J connectivity index is 1.93. The van der Waals surface area contributed by atoms with Crippen LogP contribution in [0.5, 0.6) is 5.75 Å². The Morgan fingerprint density at radius 1 is 1.10 bits per heavy atom. The third-order valence-corrected chi connectivity index (χ3v) is 5.87.